The molecule has 1 aromatic rings. The lowest BCUT2D eigenvalue weighted by Gasteiger charge is -2.02. The fourth-order valence-corrected chi connectivity index (χ4v) is 0.831. The van der Waals surface area contributed by atoms with E-state index in [9.17, 15) is 9.90 Å². The predicted molar refractivity (Wildman–Crippen MR) is 43.0 cm³/mol. The normalized spacial score (nSPS) is 9.33. The predicted octanol–water partition coefficient (Wildman–Crippen LogP) is 1.16. The molecule has 4 nitrogen and oxygen atoms in total. The van der Waals surface area contributed by atoms with Crippen LogP contribution < -0.4 is 5.32 Å². The zero-order valence-corrected chi connectivity index (χ0v) is 6.32. The quantitative estimate of drug-likeness (QED) is 0.619. The van der Waals surface area contributed by atoms with E-state index in [2.05, 4.69) is 5.32 Å². The van der Waals surface area contributed by atoms with Crippen LogP contribution in [0, 0.1) is 0 Å². The summed E-state index contributed by atoms with van der Waals surface area (Å²) in [6.45, 7) is 0.127. The molecule has 4 heteroatoms. The Hall–Kier alpha value is -1.71. The number of hydrogen-bond acceptors (Lipinski definition) is 2. The van der Waals surface area contributed by atoms with Gasteiger partial charge in [-0.25, -0.2) is 4.79 Å². The van der Waals surface area contributed by atoms with Gasteiger partial charge in [0, 0.05) is 12.1 Å². The Kier molecular flexibility index (Phi) is 2.53. The molecule has 0 spiro atoms. The van der Waals surface area contributed by atoms with Crippen molar-refractivity contribution in [1.82, 2.24) is 5.32 Å². The van der Waals surface area contributed by atoms with Gasteiger partial charge in [0.25, 0.3) is 0 Å². The molecule has 0 aliphatic rings. The Labute approximate surface area is 69.5 Å². The number of rotatable bonds is 2. The second kappa shape index (κ2) is 3.61. The fraction of sp³-hybridized carbons (Fsp3) is 0.125. The summed E-state index contributed by atoms with van der Waals surface area (Å²) in [6.07, 6.45) is -1.10. The van der Waals surface area contributed by atoms with E-state index < -0.39 is 6.09 Å². The molecule has 1 aromatic carbocycles. The highest BCUT2D eigenvalue weighted by molar-refractivity contribution is 5.64. The Balaban J connectivity index is 2.63. The summed E-state index contributed by atoms with van der Waals surface area (Å²) in [6, 6.07) is 6.59. The van der Waals surface area contributed by atoms with Crippen LogP contribution in [0.15, 0.2) is 24.3 Å². The van der Waals surface area contributed by atoms with Gasteiger partial charge in [0.15, 0.2) is 0 Å². The zero-order chi connectivity index (χ0) is 8.97. The van der Waals surface area contributed by atoms with Crippen molar-refractivity contribution in [3.05, 3.63) is 29.8 Å². The maximum Gasteiger partial charge on any atom is 0.404 e. The molecule has 0 saturated heterocycles. The largest absolute Gasteiger partial charge is 0.508 e. The first-order chi connectivity index (χ1) is 5.70. The summed E-state index contributed by atoms with van der Waals surface area (Å²) in [5, 5.41) is 19.6. The minimum Gasteiger partial charge on any atom is -0.508 e. The van der Waals surface area contributed by atoms with Gasteiger partial charge in [-0.3, -0.25) is 0 Å². The van der Waals surface area contributed by atoms with Gasteiger partial charge in [-0.05, 0) is 6.07 Å². The van der Waals surface area contributed by atoms with Gasteiger partial charge in [-0.15, -0.1) is 0 Å². The Morgan fingerprint density at radius 3 is 2.67 bits per heavy atom. The van der Waals surface area contributed by atoms with E-state index in [0.29, 0.717) is 5.56 Å². The summed E-state index contributed by atoms with van der Waals surface area (Å²) in [5.74, 6) is 0.103. The number of benzene rings is 1. The van der Waals surface area contributed by atoms with Gasteiger partial charge < -0.3 is 15.5 Å². The van der Waals surface area contributed by atoms with E-state index in [1.54, 1.807) is 18.2 Å². The van der Waals surface area contributed by atoms with Crippen molar-refractivity contribution in [2.75, 3.05) is 0 Å². The van der Waals surface area contributed by atoms with Crippen molar-refractivity contribution in [1.29, 1.82) is 0 Å². The highest BCUT2D eigenvalue weighted by atomic mass is 16.4. The lowest BCUT2D eigenvalue weighted by Crippen LogP contribution is -2.19. The first-order valence-corrected chi connectivity index (χ1v) is 3.44. The van der Waals surface area contributed by atoms with Crippen LogP contribution in [0.5, 0.6) is 5.75 Å². The Bertz CT molecular complexity index is 285. The first kappa shape index (κ1) is 8.39. The first-order valence-electron chi connectivity index (χ1n) is 3.44. The minimum atomic E-state index is -1.10. The summed E-state index contributed by atoms with van der Waals surface area (Å²) in [7, 11) is 0. The molecule has 0 aliphatic heterocycles. The molecule has 64 valence electrons. The molecule has 0 heterocycles. The standard InChI is InChI=1S/C8H9NO3/c10-7-4-2-1-3-6(7)5-9-8(11)12/h1-4,9-10H,5H2,(H,11,12). The fourth-order valence-electron chi connectivity index (χ4n) is 0.831. The molecule has 0 radical (unpaired) electrons. The number of hydrogen-bond donors (Lipinski definition) is 3. The molecular formula is C8H9NO3. The number of aromatic hydroxyl groups is 1. The highest BCUT2D eigenvalue weighted by Crippen LogP contribution is 2.14. The van der Waals surface area contributed by atoms with Crippen LogP contribution in [0.2, 0.25) is 0 Å². The van der Waals surface area contributed by atoms with E-state index in [1.165, 1.54) is 6.07 Å². The molecule has 0 saturated carbocycles. The average molecular weight is 167 g/mol. The summed E-state index contributed by atoms with van der Waals surface area (Å²) < 4.78 is 0. The van der Waals surface area contributed by atoms with Crippen LogP contribution in [0.3, 0.4) is 0 Å². The summed E-state index contributed by atoms with van der Waals surface area (Å²) >= 11 is 0. The molecule has 1 amide bonds. The summed E-state index contributed by atoms with van der Waals surface area (Å²) in [4.78, 5) is 10.1. The van der Waals surface area contributed by atoms with Gasteiger partial charge in [0.2, 0.25) is 0 Å². The third-order valence-corrected chi connectivity index (χ3v) is 1.42. The number of carboxylic acid groups (broad SMARTS) is 1. The van der Waals surface area contributed by atoms with Gasteiger partial charge in [-0.2, -0.15) is 0 Å². The van der Waals surface area contributed by atoms with Crippen LogP contribution in [-0.4, -0.2) is 16.3 Å². The van der Waals surface area contributed by atoms with Crippen molar-refractivity contribution < 1.29 is 15.0 Å². The average Bonchev–Trinajstić information content (AvgIpc) is 2.03. The second-order valence-corrected chi connectivity index (χ2v) is 2.29. The number of para-hydroxylation sites is 1. The van der Waals surface area contributed by atoms with Gasteiger partial charge in [-0.1, -0.05) is 18.2 Å². The molecule has 12 heavy (non-hydrogen) atoms. The maximum absolute atomic E-state index is 10.1. The van der Waals surface area contributed by atoms with E-state index >= 15 is 0 Å². The van der Waals surface area contributed by atoms with Crippen LogP contribution in [0.25, 0.3) is 0 Å². The van der Waals surface area contributed by atoms with Crippen LogP contribution in [-0.2, 0) is 6.54 Å². The molecular weight excluding hydrogens is 158 g/mol. The molecule has 0 aromatic heterocycles. The topological polar surface area (TPSA) is 69.6 Å². The number of phenols is 1. The van der Waals surface area contributed by atoms with Gasteiger partial charge >= 0.3 is 6.09 Å². The molecule has 1 rings (SSSR count). The van der Waals surface area contributed by atoms with E-state index in [-0.39, 0.29) is 12.3 Å². The molecule has 0 fully saturated rings. The monoisotopic (exact) mass is 167 g/mol. The number of amides is 1. The minimum absolute atomic E-state index is 0.103. The van der Waals surface area contributed by atoms with E-state index in [4.69, 9.17) is 5.11 Å². The van der Waals surface area contributed by atoms with Crippen molar-refractivity contribution in [3.63, 3.8) is 0 Å². The van der Waals surface area contributed by atoms with E-state index in [1.807, 2.05) is 0 Å². The lowest BCUT2D eigenvalue weighted by molar-refractivity contribution is 0.194. The number of nitrogens with one attached hydrogen (secondary N) is 1. The zero-order valence-electron chi connectivity index (χ0n) is 6.32. The van der Waals surface area contributed by atoms with Crippen LogP contribution in [0.1, 0.15) is 5.56 Å². The summed E-state index contributed by atoms with van der Waals surface area (Å²) in [5.41, 5.74) is 0.569. The third kappa shape index (κ3) is 2.16. The number of carbonyl (C=O) groups is 1. The number of phenolic OH excluding ortho intramolecular Hbond substituents is 1. The SMILES string of the molecule is O=C(O)NCc1ccccc1O. The van der Waals surface area contributed by atoms with Crippen molar-refractivity contribution >= 4 is 6.09 Å². The molecule has 3 N–H and O–H groups in total. The molecule has 0 atom stereocenters. The highest BCUT2D eigenvalue weighted by Gasteiger charge is 2.00. The van der Waals surface area contributed by atoms with Crippen LogP contribution >= 0.6 is 0 Å². The molecule has 0 unspecified atom stereocenters. The van der Waals surface area contributed by atoms with Crippen molar-refractivity contribution in [2.24, 2.45) is 0 Å². The molecule has 0 aliphatic carbocycles. The maximum atomic E-state index is 10.1. The van der Waals surface area contributed by atoms with Gasteiger partial charge in [0.05, 0.1) is 0 Å². The van der Waals surface area contributed by atoms with Crippen LogP contribution in [0.4, 0.5) is 4.79 Å². The Morgan fingerprint density at radius 2 is 2.08 bits per heavy atom. The molecule has 0 bridgehead atoms. The van der Waals surface area contributed by atoms with E-state index in [0.717, 1.165) is 0 Å². The second-order valence-electron chi connectivity index (χ2n) is 2.29. The smallest absolute Gasteiger partial charge is 0.404 e. The Morgan fingerprint density at radius 1 is 1.42 bits per heavy atom. The lowest BCUT2D eigenvalue weighted by atomic mass is 10.2. The van der Waals surface area contributed by atoms with Gasteiger partial charge in [0.1, 0.15) is 5.75 Å². The van der Waals surface area contributed by atoms with Crippen molar-refractivity contribution in [2.45, 2.75) is 6.54 Å². The third-order valence-electron chi connectivity index (χ3n) is 1.42. The van der Waals surface area contributed by atoms with Crippen molar-refractivity contribution in [3.8, 4) is 5.75 Å².